The van der Waals surface area contributed by atoms with Crippen LogP contribution in [0.4, 0.5) is 10.1 Å². The summed E-state index contributed by atoms with van der Waals surface area (Å²) in [5, 5.41) is 3.97. The van der Waals surface area contributed by atoms with Crippen LogP contribution >= 0.6 is 0 Å². The van der Waals surface area contributed by atoms with Crippen LogP contribution in [0.5, 0.6) is 5.75 Å². The van der Waals surface area contributed by atoms with Crippen LogP contribution in [-0.2, 0) is 27.9 Å². The number of nitrogens with one attached hydrogen (secondary N) is 1. The molecule has 3 aromatic rings. The van der Waals surface area contributed by atoms with Gasteiger partial charge in [-0.2, -0.15) is 4.98 Å². The number of amides is 1. The number of carbonyl (C=O) groups is 1. The molecule has 1 saturated carbocycles. The Hall–Kier alpha value is -3.31. The van der Waals surface area contributed by atoms with E-state index in [9.17, 15) is 17.6 Å². The van der Waals surface area contributed by atoms with Crippen LogP contribution in [0.25, 0.3) is 0 Å². The minimum absolute atomic E-state index is 0.00572. The van der Waals surface area contributed by atoms with E-state index in [1.165, 1.54) is 35.2 Å². The fourth-order valence-electron chi connectivity index (χ4n) is 3.62. The van der Waals surface area contributed by atoms with Gasteiger partial charge in [0.2, 0.25) is 15.9 Å². The largest absolute Gasteiger partial charge is 0.482 e. The molecule has 1 amide bonds. The fraction of sp³-hybridized carbons (Fsp3) is 0.318. The van der Waals surface area contributed by atoms with E-state index in [-0.39, 0.29) is 36.2 Å². The van der Waals surface area contributed by atoms with Crippen molar-refractivity contribution in [3.63, 3.8) is 0 Å². The van der Waals surface area contributed by atoms with Crippen molar-refractivity contribution in [3.05, 3.63) is 65.1 Å². The summed E-state index contributed by atoms with van der Waals surface area (Å²) in [6, 6.07) is 8.56. The second kappa shape index (κ2) is 8.23. The number of anilines is 1. The number of sulfonamides is 1. The van der Waals surface area contributed by atoms with Crippen molar-refractivity contribution in [2.75, 3.05) is 11.5 Å². The van der Waals surface area contributed by atoms with E-state index in [2.05, 4.69) is 14.9 Å². The molecule has 11 heteroatoms. The molecule has 1 fully saturated rings. The van der Waals surface area contributed by atoms with Crippen LogP contribution in [0.1, 0.15) is 41.6 Å². The van der Waals surface area contributed by atoms with Crippen LogP contribution in [0.15, 0.2) is 45.8 Å². The third kappa shape index (κ3) is 4.46. The number of hydrogen-bond donors (Lipinski definition) is 1. The maximum Gasteiger partial charge on any atom is 0.265 e. The molecule has 1 aromatic heterocycles. The van der Waals surface area contributed by atoms with E-state index in [1.807, 2.05) is 0 Å². The number of halogens is 1. The van der Waals surface area contributed by atoms with Crippen LogP contribution in [0, 0.1) is 12.7 Å². The van der Waals surface area contributed by atoms with Crippen molar-refractivity contribution in [1.29, 1.82) is 0 Å². The molecule has 1 aliphatic carbocycles. The Labute approximate surface area is 189 Å². The summed E-state index contributed by atoms with van der Waals surface area (Å²) < 4.78 is 52.3. The van der Waals surface area contributed by atoms with Crippen LogP contribution in [0.2, 0.25) is 0 Å². The van der Waals surface area contributed by atoms with Gasteiger partial charge in [0.15, 0.2) is 12.4 Å². The summed E-state index contributed by atoms with van der Waals surface area (Å²) in [4.78, 5) is 18.4. The Morgan fingerprint density at radius 1 is 1.21 bits per heavy atom. The first kappa shape index (κ1) is 21.5. The number of nitrogens with zero attached hydrogens (tertiary/aromatic N) is 3. The highest BCUT2D eigenvalue weighted by molar-refractivity contribution is 7.89. The van der Waals surface area contributed by atoms with Gasteiger partial charge in [0.25, 0.3) is 5.91 Å². The summed E-state index contributed by atoms with van der Waals surface area (Å²) in [5.41, 5.74) is 1.50. The van der Waals surface area contributed by atoms with Crippen molar-refractivity contribution >= 4 is 21.6 Å². The number of aromatic nitrogens is 2. The van der Waals surface area contributed by atoms with Crippen molar-refractivity contribution in [2.45, 2.75) is 43.7 Å². The van der Waals surface area contributed by atoms with E-state index in [4.69, 9.17) is 9.26 Å². The Balaban J connectivity index is 1.38. The smallest absolute Gasteiger partial charge is 0.265 e. The van der Waals surface area contributed by atoms with Crippen LogP contribution < -0.4 is 14.4 Å². The number of benzene rings is 2. The van der Waals surface area contributed by atoms with E-state index < -0.39 is 15.8 Å². The number of hydrogen-bond acceptors (Lipinski definition) is 7. The van der Waals surface area contributed by atoms with Gasteiger partial charge in [-0.25, -0.2) is 17.5 Å². The molecule has 1 aliphatic heterocycles. The lowest BCUT2D eigenvalue weighted by Crippen LogP contribution is -2.38. The summed E-state index contributed by atoms with van der Waals surface area (Å²) in [6.45, 7) is 1.51. The summed E-state index contributed by atoms with van der Waals surface area (Å²) in [5.74, 6) is 0.853. The zero-order chi connectivity index (χ0) is 23.2. The first-order valence-corrected chi connectivity index (χ1v) is 11.9. The zero-order valence-electron chi connectivity index (χ0n) is 17.7. The third-order valence-corrected chi connectivity index (χ3v) is 7.12. The first-order valence-electron chi connectivity index (χ1n) is 10.4. The summed E-state index contributed by atoms with van der Waals surface area (Å²) in [6.07, 6.45) is 2.04. The molecule has 2 aliphatic rings. The van der Waals surface area contributed by atoms with E-state index in [1.54, 1.807) is 13.0 Å². The zero-order valence-corrected chi connectivity index (χ0v) is 18.6. The number of rotatable bonds is 7. The molecule has 33 heavy (non-hydrogen) atoms. The van der Waals surface area contributed by atoms with Crippen LogP contribution in [0.3, 0.4) is 0 Å². The molecule has 0 atom stereocenters. The second-order valence-electron chi connectivity index (χ2n) is 8.13. The van der Waals surface area contributed by atoms with Crippen LogP contribution in [-0.4, -0.2) is 31.1 Å². The SMILES string of the molecule is Cc1cc2c(cc1S(=O)(=O)NCc1ccc(F)cc1)OCC(=O)N2Cc1noc(C2CC2)n1. The molecule has 0 bridgehead atoms. The van der Waals surface area contributed by atoms with Crippen molar-refractivity contribution in [2.24, 2.45) is 0 Å². The quantitative estimate of drug-likeness (QED) is 0.562. The van der Waals surface area contributed by atoms with Gasteiger partial charge in [-0.3, -0.25) is 9.69 Å². The monoisotopic (exact) mass is 472 g/mol. The Morgan fingerprint density at radius 3 is 2.70 bits per heavy atom. The van der Waals surface area contributed by atoms with Gasteiger partial charge in [0.05, 0.1) is 17.1 Å². The first-order chi connectivity index (χ1) is 15.8. The standard InChI is InChI=1S/C22H21FN4O5S/c1-13-8-17-18(9-19(13)33(29,30)24-10-14-2-6-16(23)7-3-14)31-12-21(28)27(17)11-20-25-22(32-26-20)15-4-5-15/h2-3,6-9,15,24H,4-5,10-12H2,1H3. The number of carbonyl (C=O) groups excluding carboxylic acids is 1. The van der Waals surface area contributed by atoms with E-state index in [0.717, 1.165) is 12.8 Å². The molecule has 0 saturated heterocycles. The van der Waals surface area contributed by atoms with Gasteiger partial charge in [-0.05, 0) is 49.1 Å². The van der Waals surface area contributed by atoms with Gasteiger partial charge in [0.1, 0.15) is 11.6 Å². The number of aryl methyl sites for hydroxylation is 1. The van der Waals surface area contributed by atoms with Crippen molar-refractivity contribution in [1.82, 2.24) is 14.9 Å². The molecule has 0 unspecified atom stereocenters. The average molecular weight is 472 g/mol. The third-order valence-electron chi connectivity index (χ3n) is 5.58. The molecular formula is C22H21FN4O5S. The Morgan fingerprint density at radius 2 is 1.97 bits per heavy atom. The Bertz CT molecular complexity index is 1320. The normalized spacial score (nSPS) is 15.9. The van der Waals surface area contributed by atoms with E-state index >= 15 is 0 Å². The fourth-order valence-corrected chi connectivity index (χ4v) is 4.88. The molecule has 9 nitrogen and oxygen atoms in total. The number of fused-ring (bicyclic) bond motifs is 1. The van der Waals surface area contributed by atoms with Gasteiger partial charge in [0, 0.05) is 18.5 Å². The molecule has 1 N–H and O–H groups in total. The molecule has 0 radical (unpaired) electrons. The predicted molar refractivity (Wildman–Crippen MR) is 115 cm³/mol. The predicted octanol–water partition coefficient (Wildman–Crippen LogP) is 2.80. The summed E-state index contributed by atoms with van der Waals surface area (Å²) >= 11 is 0. The minimum atomic E-state index is -3.89. The van der Waals surface area contributed by atoms with Gasteiger partial charge in [-0.15, -0.1) is 0 Å². The average Bonchev–Trinajstić information content (AvgIpc) is 3.53. The van der Waals surface area contributed by atoms with Crippen molar-refractivity contribution < 1.29 is 26.9 Å². The van der Waals surface area contributed by atoms with Gasteiger partial charge >= 0.3 is 0 Å². The summed E-state index contributed by atoms with van der Waals surface area (Å²) in [7, 11) is -3.89. The van der Waals surface area contributed by atoms with Gasteiger partial charge in [-0.1, -0.05) is 17.3 Å². The van der Waals surface area contributed by atoms with Gasteiger partial charge < -0.3 is 9.26 Å². The van der Waals surface area contributed by atoms with Crippen molar-refractivity contribution in [3.8, 4) is 5.75 Å². The lowest BCUT2D eigenvalue weighted by Gasteiger charge is -2.29. The minimum Gasteiger partial charge on any atom is -0.482 e. The highest BCUT2D eigenvalue weighted by atomic mass is 32.2. The Kier molecular flexibility index (Phi) is 5.37. The maximum atomic E-state index is 13.1. The van der Waals surface area contributed by atoms with E-state index in [0.29, 0.717) is 34.4 Å². The highest BCUT2D eigenvalue weighted by Gasteiger charge is 2.32. The molecule has 5 rings (SSSR count). The maximum absolute atomic E-state index is 13.1. The second-order valence-corrected chi connectivity index (χ2v) is 9.86. The highest BCUT2D eigenvalue weighted by Crippen LogP contribution is 2.40. The molecule has 0 spiro atoms. The molecule has 2 heterocycles. The topological polar surface area (TPSA) is 115 Å². The lowest BCUT2D eigenvalue weighted by molar-refractivity contribution is -0.121. The lowest BCUT2D eigenvalue weighted by atomic mass is 10.1. The number of ether oxygens (including phenoxy) is 1. The molecular weight excluding hydrogens is 451 g/mol. The molecule has 2 aromatic carbocycles. The molecule has 172 valence electrons.